The van der Waals surface area contributed by atoms with Gasteiger partial charge in [0.05, 0.1) is 17.6 Å². The van der Waals surface area contributed by atoms with E-state index < -0.39 is 27.9 Å². The Morgan fingerprint density at radius 2 is 2.10 bits per heavy atom. The maximum atomic E-state index is 12.4. The summed E-state index contributed by atoms with van der Waals surface area (Å²) in [5, 5.41) is 8.76. The van der Waals surface area contributed by atoms with Crippen molar-refractivity contribution in [3.05, 3.63) is 0 Å². The molecular formula is C5H9FO3S. The average Bonchev–Trinajstić information content (AvgIpc) is 1.79. The van der Waals surface area contributed by atoms with E-state index in [1.54, 1.807) is 0 Å². The van der Waals surface area contributed by atoms with Gasteiger partial charge in [0.1, 0.15) is 6.17 Å². The molecular weight excluding hydrogens is 159 g/mol. The van der Waals surface area contributed by atoms with Crippen LogP contribution in [-0.2, 0) is 9.84 Å². The topological polar surface area (TPSA) is 54.4 Å². The Bertz CT molecular complexity index is 211. The van der Waals surface area contributed by atoms with Gasteiger partial charge in [-0.2, -0.15) is 0 Å². The van der Waals surface area contributed by atoms with Gasteiger partial charge in [-0.3, -0.25) is 0 Å². The molecule has 1 aliphatic heterocycles. The monoisotopic (exact) mass is 168 g/mol. The summed E-state index contributed by atoms with van der Waals surface area (Å²) in [6.45, 7) is 0. The van der Waals surface area contributed by atoms with Gasteiger partial charge in [0.25, 0.3) is 0 Å². The molecule has 0 aromatic carbocycles. The number of rotatable bonds is 0. The van der Waals surface area contributed by atoms with Crippen LogP contribution in [0.4, 0.5) is 4.39 Å². The summed E-state index contributed by atoms with van der Waals surface area (Å²) in [5.41, 5.74) is 0. The Morgan fingerprint density at radius 3 is 2.50 bits per heavy atom. The summed E-state index contributed by atoms with van der Waals surface area (Å²) in [7, 11) is -3.15. The van der Waals surface area contributed by atoms with Crippen molar-refractivity contribution in [2.75, 3.05) is 11.5 Å². The summed E-state index contributed by atoms with van der Waals surface area (Å²) >= 11 is 0. The fraction of sp³-hybridized carbons (Fsp3) is 1.00. The fourth-order valence-corrected chi connectivity index (χ4v) is 2.41. The number of aliphatic hydroxyl groups is 1. The maximum Gasteiger partial charge on any atom is 0.153 e. The molecule has 0 aromatic rings. The zero-order valence-electron chi connectivity index (χ0n) is 5.33. The second-order valence-corrected chi connectivity index (χ2v) is 4.72. The van der Waals surface area contributed by atoms with Crippen molar-refractivity contribution in [2.45, 2.75) is 18.7 Å². The van der Waals surface area contributed by atoms with Crippen molar-refractivity contribution in [3.63, 3.8) is 0 Å². The third-order valence-electron chi connectivity index (χ3n) is 1.55. The van der Waals surface area contributed by atoms with Crippen molar-refractivity contribution < 1.29 is 17.9 Å². The molecule has 10 heavy (non-hydrogen) atoms. The van der Waals surface area contributed by atoms with E-state index in [0.29, 0.717) is 0 Å². The molecule has 0 spiro atoms. The number of sulfone groups is 1. The molecule has 5 heteroatoms. The second-order valence-electron chi connectivity index (χ2n) is 2.49. The third-order valence-corrected chi connectivity index (χ3v) is 3.25. The number of hydrogen-bond acceptors (Lipinski definition) is 3. The van der Waals surface area contributed by atoms with Gasteiger partial charge in [-0.25, -0.2) is 12.8 Å². The molecule has 0 unspecified atom stereocenters. The van der Waals surface area contributed by atoms with E-state index in [0.717, 1.165) is 0 Å². The highest BCUT2D eigenvalue weighted by Crippen LogP contribution is 2.15. The minimum Gasteiger partial charge on any atom is -0.389 e. The lowest BCUT2D eigenvalue weighted by molar-refractivity contribution is 0.0885. The molecule has 0 saturated carbocycles. The van der Waals surface area contributed by atoms with Crippen LogP contribution >= 0.6 is 0 Å². The normalized spacial score (nSPS) is 39.4. The van der Waals surface area contributed by atoms with Gasteiger partial charge in [0.15, 0.2) is 9.84 Å². The second kappa shape index (κ2) is 2.47. The standard InChI is InChI=1S/C5H9FO3S/c6-4-1-2-10(8,9)3-5(4)7/h4-5,7H,1-3H2/t4-,5+/m1/s1. The fourth-order valence-electron chi connectivity index (χ4n) is 0.932. The molecule has 0 bridgehead atoms. The Hall–Kier alpha value is -0.160. The first-order valence-corrected chi connectivity index (χ1v) is 4.86. The summed E-state index contributed by atoms with van der Waals surface area (Å²) in [4.78, 5) is 0. The summed E-state index contributed by atoms with van der Waals surface area (Å²) in [5.74, 6) is -0.556. The summed E-state index contributed by atoms with van der Waals surface area (Å²) in [6, 6.07) is 0. The van der Waals surface area contributed by atoms with Gasteiger partial charge in [-0.15, -0.1) is 0 Å². The number of alkyl halides is 1. The van der Waals surface area contributed by atoms with Crippen LogP contribution in [-0.4, -0.2) is 37.3 Å². The van der Waals surface area contributed by atoms with Gasteiger partial charge in [0.2, 0.25) is 0 Å². The Kier molecular flexibility index (Phi) is 1.96. The van der Waals surface area contributed by atoms with E-state index in [2.05, 4.69) is 0 Å². The molecule has 60 valence electrons. The van der Waals surface area contributed by atoms with Gasteiger partial charge < -0.3 is 5.11 Å². The molecule has 1 fully saturated rings. The first-order chi connectivity index (χ1) is 4.51. The summed E-state index contributed by atoms with van der Waals surface area (Å²) < 4.78 is 33.8. The van der Waals surface area contributed by atoms with Gasteiger partial charge >= 0.3 is 0 Å². The molecule has 0 aliphatic carbocycles. The Balaban J connectivity index is 2.66. The highest BCUT2D eigenvalue weighted by atomic mass is 32.2. The van der Waals surface area contributed by atoms with Gasteiger partial charge in [-0.05, 0) is 6.42 Å². The van der Waals surface area contributed by atoms with Gasteiger partial charge in [-0.1, -0.05) is 0 Å². The van der Waals surface area contributed by atoms with Crippen molar-refractivity contribution in [1.82, 2.24) is 0 Å². The molecule has 0 aromatic heterocycles. The number of halogens is 1. The first-order valence-electron chi connectivity index (χ1n) is 3.04. The van der Waals surface area contributed by atoms with Crippen LogP contribution in [0.1, 0.15) is 6.42 Å². The zero-order chi connectivity index (χ0) is 7.78. The molecule has 3 nitrogen and oxygen atoms in total. The van der Waals surface area contributed by atoms with Crippen LogP contribution in [0.15, 0.2) is 0 Å². The van der Waals surface area contributed by atoms with E-state index in [1.165, 1.54) is 0 Å². The van der Waals surface area contributed by atoms with Crippen LogP contribution in [0, 0.1) is 0 Å². The minimum atomic E-state index is -3.15. The molecule has 1 rings (SSSR count). The van der Waals surface area contributed by atoms with Crippen molar-refractivity contribution in [2.24, 2.45) is 0 Å². The van der Waals surface area contributed by atoms with Crippen molar-refractivity contribution >= 4 is 9.84 Å². The van der Waals surface area contributed by atoms with Crippen molar-refractivity contribution in [1.29, 1.82) is 0 Å². The third kappa shape index (κ3) is 1.67. The quantitative estimate of drug-likeness (QED) is 0.530. The van der Waals surface area contributed by atoms with E-state index in [1.807, 2.05) is 0 Å². The van der Waals surface area contributed by atoms with Crippen LogP contribution < -0.4 is 0 Å². The molecule has 1 N–H and O–H groups in total. The van der Waals surface area contributed by atoms with E-state index in [-0.39, 0.29) is 12.2 Å². The van der Waals surface area contributed by atoms with E-state index >= 15 is 0 Å². The molecule has 1 saturated heterocycles. The summed E-state index contributed by atoms with van der Waals surface area (Å²) in [6.07, 6.45) is -2.73. The van der Waals surface area contributed by atoms with Crippen molar-refractivity contribution in [3.8, 4) is 0 Å². The Morgan fingerprint density at radius 1 is 1.50 bits per heavy atom. The van der Waals surface area contributed by atoms with Crippen LogP contribution in [0.5, 0.6) is 0 Å². The Labute approximate surface area is 58.8 Å². The highest BCUT2D eigenvalue weighted by molar-refractivity contribution is 7.91. The largest absolute Gasteiger partial charge is 0.389 e. The molecule has 2 atom stereocenters. The van der Waals surface area contributed by atoms with Crippen LogP contribution in [0.2, 0.25) is 0 Å². The minimum absolute atomic E-state index is 0.0660. The number of aliphatic hydroxyl groups excluding tert-OH is 1. The predicted octanol–water partition coefficient (Wildman–Crippen LogP) is -0.496. The van der Waals surface area contributed by atoms with Gasteiger partial charge in [0, 0.05) is 0 Å². The maximum absolute atomic E-state index is 12.4. The molecule has 1 heterocycles. The lowest BCUT2D eigenvalue weighted by atomic mass is 10.2. The molecule has 0 amide bonds. The highest BCUT2D eigenvalue weighted by Gasteiger charge is 2.31. The SMILES string of the molecule is O=S1(=O)CC[C@@H](F)[C@@H](O)C1. The molecule has 1 aliphatic rings. The lowest BCUT2D eigenvalue weighted by Crippen LogP contribution is -2.38. The van der Waals surface area contributed by atoms with Crippen LogP contribution in [0.25, 0.3) is 0 Å². The van der Waals surface area contributed by atoms with E-state index in [9.17, 15) is 12.8 Å². The van der Waals surface area contributed by atoms with E-state index in [4.69, 9.17) is 5.11 Å². The lowest BCUT2D eigenvalue weighted by Gasteiger charge is -2.20. The zero-order valence-corrected chi connectivity index (χ0v) is 6.14. The molecule has 0 radical (unpaired) electrons. The predicted molar refractivity (Wildman–Crippen MR) is 34.2 cm³/mol. The first kappa shape index (κ1) is 7.94. The average molecular weight is 168 g/mol. The number of hydrogen-bond donors (Lipinski definition) is 1. The smallest absolute Gasteiger partial charge is 0.153 e. The van der Waals surface area contributed by atoms with Crippen LogP contribution in [0.3, 0.4) is 0 Å².